The van der Waals surface area contributed by atoms with Crippen molar-refractivity contribution in [3.05, 3.63) is 34.9 Å². The molecule has 0 spiro atoms. The van der Waals surface area contributed by atoms with Crippen molar-refractivity contribution in [3.8, 4) is 0 Å². The first kappa shape index (κ1) is 15.8. The summed E-state index contributed by atoms with van der Waals surface area (Å²) >= 11 is 5.77. The van der Waals surface area contributed by atoms with Gasteiger partial charge in [-0.3, -0.25) is 4.79 Å². The summed E-state index contributed by atoms with van der Waals surface area (Å²) in [7, 11) is 0. The number of alkyl halides is 3. The van der Waals surface area contributed by atoms with Crippen molar-refractivity contribution in [1.82, 2.24) is 5.32 Å². The van der Waals surface area contributed by atoms with Crippen molar-refractivity contribution < 1.29 is 18.0 Å². The van der Waals surface area contributed by atoms with E-state index in [1.54, 1.807) is 31.2 Å². The van der Waals surface area contributed by atoms with E-state index in [1.165, 1.54) is 0 Å². The zero-order valence-corrected chi connectivity index (χ0v) is 11.2. The molecule has 106 valence electrons. The molecule has 0 fully saturated rings. The number of carbonyl (C=O) groups excluding carboxylic acids is 1. The molecular formula is C13H15ClF3NO. The van der Waals surface area contributed by atoms with E-state index in [2.05, 4.69) is 5.32 Å². The number of rotatable bonds is 5. The third-order valence-corrected chi connectivity index (χ3v) is 2.82. The van der Waals surface area contributed by atoms with Crippen molar-refractivity contribution in [1.29, 1.82) is 0 Å². The van der Waals surface area contributed by atoms with Crippen LogP contribution in [0, 0.1) is 0 Å². The molecule has 1 rings (SSSR count). The summed E-state index contributed by atoms with van der Waals surface area (Å²) in [5.74, 6) is -0.432. The molecule has 0 aliphatic rings. The number of hydrogen-bond acceptors (Lipinski definition) is 1. The Bertz CT molecular complexity index is 434. The van der Waals surface area contributed by atoms with Crippen LogP contribution in [0.4, 0.5) is 13.2 Å². The van der Waals surface area contributed by atoms with Crippen LogP contribution in [0.2, 0.25) is 5.02 Å². The van der Waals surface area contributed by atoms with Gasteiger partial charge in [-0.25, -0.2) is 0 Å². The monoisotopic (exact) mass is 293 g/mol. The zero-order valence-electron chi connectivity index (χ0n) is 10.4. The Hall–Kier alpha value is -1.23. The van der Waals surface area contributed by atoms with Crippen LogP contribution in [-0.4, -0.2) is 18.1 Å². The van der Waals surface area contributed by atoms with Crippen molar-refractivity contribution in [2.24, 2.45) is 0 Å². The lowest BCUT2D eigenvalue weighted by Crippen LogP contribution is -2.38. The smallest absolute Gasteiger partial charge is 0.353 e. The molecule has 1 N–H and O–H groups in total. The second kappa shape index (κ2) is 6.80. The number of amides is 1. The highest BCUT2D eigenvalue weighted by Gasteiger charge is 2.31. The fourth-order valence-electron chi connectivity index (χ4n) is 1.69. The Labute approximate surface area is 114 Å². The van der Waals surface area contributed by atoms with E-state index in [-0.39, 0.29) is 12.8 Å². The van der Waals surface area contributed by atoms with Crippen LogP contribution >= 0.6 is 11.6 Å². The molecule has 1 unspecified atom stereocenters. The maximum Gasteiger partial charge on any atom is 0.391 e. The first-order valence-electron chi connectivity index (χ1n) is 5.90. The normalized spacial score (nSPS) is 13.1. The van der Waals surface area contributed by atoms with Crippen molar-refractivity contribution in [2.75, 3.05) is 0 Å². The van der Waals surface area contributed by atoms with Gasteiger partial charge in [-0.15, -0.1) is 0 Å². The second-order valence-corrected chi connectivity index (χ2v) is 4.74. The number of nitrogens with one attached hydrogen (secondary N) is 1. The minimum atomic E-state index is -4.27. The van der Waals surface area contributed by atoms with Gasteiger partial charge in [-0.05, 0) is 24.1 Å². The standard InChI is InChI=1S/C13H15ClF3NO/c1-2-11(8-13(15,16)17)18-12(19)7-9-4-3-5-10(14)6-9/h3-6,11H,2,7-8H2,1H3,(H,18,19). The van der Waals surface area contributed by atoms with E-state index in [4.69, 9.17) is 11.6 Å². The minimum absolute atomic E-state index is 0.0227. The van der Waals surface area contributed by atoms with E-state index < -0.39 is 24.5 Å². The average Bonchev–Trinajstić information content (AvgIpc) is 2.26. The van der Waals surface area contributed by atoms with Gasteiger partial charge in [0.2, 0.25) is 5.91 Å². The summed E-state index contributed by atoms with van der Waals surface area (Å²) < 4.78 is 36.8. The van der Waals surface area contributed by atoms with Crippen molar-refractivity contribution >= 4 is 17.5 Å². The summed E-state index contributed by atoms with van der Waals surface area (Å²) in [4.78, 5) is 11.7. The molecule has 0 saturated carbocycles. The summed E-state index contributed by atoms with van der Waals surface area (Å²) in [6.07, 6.45) is -5.02. The molecule has 1 amide bonds. The molecular weight excluding hydrogens is 279 g/mol. The van der Waals surface area contributed by atoms with Gasteiger partial charge in [0.25, 0.3) is 0 Å². The summed E-state index contributed by atoms with van der Waals surface area (Å²) in [5, 5.41) is 2.88. The van der Waals surface area contributed by atoms with Crippen LogP contribution in [0.15, 0.2) is 24.3 Å². The quantitative estimate of drug-likeness (QED) is 0.880. The molecule has 1 atom stereocenters. The van der Waals surface area contributed by atoms with E-state index in [0.29, 0.717) is 10.6 Å². The molecule has 1 aromatic rings. The molecule has 0 heterocycles. The molecule has 0 aliphatic carbocycles. The largest absolute Gasteiger partial charge is 0.391 e. The molecule has 0 aromatic heterocycles. The number of hydrogen-bond donors (Lipinski definition) is 1. The molecule has 1 aromatic carbocycles. The SMILES string of the molecule is CCC(CC(F)(F)F)NC(=O)Cc1cccc(Cl)c1. The maximum absolute atomic E-state index is 12.3. The Morgan fingerprint density at radius 2 is 2.11 bits per heavy atom. The van der Waals surface area contributed by atoms with Crippen LogP contribution < -0.4 is 5.32 Å². The molecule has 2 nitrogen and oxygen atoms in total. The Balaban J connectivity index is 2.54. The Morgan fingerprint density at radius 3 is 2.63 bits per heavy atom. The highest BCUT2D eigenvalue weighted by atomic mass is 35.5. The Morgan fingerprint density at radius 1 is 1.42 bits per heavy atom. The highest BCUT2D eigenvalue weighted by molar-refractivity contribution is 6.30. The molecule has 0 bridgehead atoms. The van der Waals surface area contributed by atoms with Gasteiger partial charge in [0.1, 0.15) is 0 Å². The summed E-state index contributed by atoms with van der Waals surface area (Å²) in [6, 6.07) is 5.80. The third kappa shape index (κ3) is 6.47. The lowest BCUT2D eigenvalue weighted by molar-refractivity contribution is -0.142. The van der Waals surface area contributed by atoms with E-state index >= 15 is 0 Å². The zero-order chi connectivity index (χ0) is 14.5. The number of halogens is 4. The molecule has 0 saturated heterocycles. The molecule has 0 radical (unpaired) electrons. The van der Waals surface area contributed by atoms with Gasteiger partial charge in [0.05, 0.1) is 12.8 Å². The fourth-order valence-corrected chi connectivity index (χ4v) is 1.90. The maximum atomic E-state index is 12.3. The predicted octanol–water partition coefficient (Wildman–Crippen LogP) is 3.73. The second-order valence-electron chi connectivity index (χ2n) is 4.30. The number of benzene rings is 1. The van der Waals surface area contributed by atoms with Crippen LogP contribution in [0.1, 0.15) is 25.3 Å². The topological polar surface area (TPSA) is 29.1 Å². The fraction of sp³-hybridized carbons (Fsp3) is 0.462. The third-order valence-electron chi connectivity index (χ3n) is 2.59. The first-order chi connectivity index (χ1) is 8.80. The lowest BCUT2D eigenvalue weighted by atomic mass is 10.1. The highest BCUT2D eigenvalue weighted by Crippen LogP contribution is 2.22. The average molecular weight is 294 g/mol. The van der Waals surface area contributed by atoms with Crippen LogP contribution in [0.25, 0.3) is 0 Å². The number of carbonyl (C=O) groups is 1. The predicted molar refractivity (Wildman–Crippen MR) is 68.0 cm³/mol. The molecule has 0 aliphatic heterocycles. The van der Waals surface area contributed by atoms with Crippen molar-refractivity contribution in [2.45, 2.75) is 38.4 Å². The minimum Gasteiger partial charge on any atom is -0.353 e. The van der Waals surface area contributed by atoms with Gasteiger partial charge >= 0.3 is 6.18 Å². The van der Waals surface area contributed by atoms with Gasteiger partial charge in [-0.2, -0.15) is 13.2 Å². The van der Waals surface area contributed by atoms with Gasteiger partial charge in [0.15, 0.2) is 0 Å². The van der Waals surface area contributed by atoms with E-state index in [0.717, 1.165) is 0 Å². The van der Waals surface area contributed by atoms with Crippen LogP contribution in [-0.2, 0) is 11.2 Å². The summed E-state index contributed by atoms with van der Waals surface area (Å²) in [6.45, 7) is 1.61. The van der Waals surface area contributed by atoms with Crippen LogP contribution in [0.5, 0.6) is 0 Å². The molecule has 6 heteroatoms. The molecule has 19 heavy (non-hydrogen) atoms. The van der Waals surface area contributed by atoms with Crippen LogP contribution in [0.3, 0.4) is 0 Å². The van der Waals surface area contributed by atoms with Crippen molar-refractivity contribution in [3.63, 3.8) is 0 Å². The van der Waals surface area contributed by atoms with E-state index in [1.807, 2.05) is 0 Å². The first-order valence-corrected chi connectivity index (χ1v) is 6.28. The Kier molecular flexibility index (Phi) is 5.66. The van der Waals surface area contributed by atoms with E-state index in [9.17, 15) is 18.0 Å². The van der Waals surface area contributed by atoms with Gasteiger partial charge in [0, 0.05) is 11.1 Å². The summed E-state index contributed by atoms with van der Waals surface area (Å²) in [5.41, 5.74) is 0.673. The lowest BCUT2D eigenvalue weighted by Gasteiger charge is -2.18. The van der Waals surface area contributed by atoms with Gasteiger partial charge < -0.3 is 5.32 Å². The van der Waals surface area contributed by atoms with Gasteiger partial charge in [-0.1, -0.05) is 30.7 Å².